The van der Waals surface area contributed by atoms with Crippen molar-refractivity contribution in [1.29, 1.82) is 5.26 Å². The molecular weight excluding hydrogens is 240 g/mol. The Morgan fingerprint density at radius 1 is 1.32 bits per heavy atom. The summed E-state index contributed by atoms with van der Waals surface area (Å²) in [5.41, 5.74) is 1.29. The Labute approximate surface area is 112 Å². The zero-order chi connectivity index (χ0) is 13.2. The van der Waals surface area contributed by atoms with Crippen LogP contribution in [-0.2, 0) is 0 Å². The van der Waals surface area contributed by atoms with Crippen molar-refractivity contribution in [2.45, 2.75) is 12.5 Å². The summed E-state index contributed by atoms with van der Waals surface area (Å²) in [4.78, 5) is 16.2. The Morgan fingerprint density at radius 2 is 2.16 bits per heavy atom. The van der Waals surface area contributed by atoms with Crippen LogP contribution >= 0.6 is 0 Å². The Balaban J connectivity index is 1.90. The van der Waals surface area contributed by atoms with Crippen molar-refractivity contribution >= 4 is 11.7 Å². The molecule has 0 aliphatic carbocycles. The van der Waals surface area contributed by atoms with Crippen LogP contribution in [0.2, 0.25) is 0 Å². The zero-order valence-electron chi connectivity index (χ0n) is 10.7. The van der Waals surface area contributed by atoms with Gasteiger partial charge in [0.15, 0.2) is 0 Å². The van der Waals surface area contributed by atoms with Crippen molar-refractivity contribution in [1.82, 2.24) is 10.2 Å². The molecule has 0 saturated carbocycles. The van der Waals surface area contributed by atoms with Crippen molar-refractivity contribution in [3.63, 3.8) is 0 Å². The lowest BCUT2D eigenvalue weighted by Gasteiger charge is -2.44. The van der Waals surface area contributed by atoms with Crippen LogP contribution in [0.15, 0.2) is 24.3 Å². The fourth-order valence-corrected chi connectivity index (χ4v) is 2.83. The third kappa shape index (κ3) is 2.04. The van der Waals surface area contributed by atoms with Gasteiger partial charge in [-0.1, -0.05) is 12.1 Å². The van der Waals surface area contributed by atoms with Crippen molar-refractivity contribution in [2.75, 3.05) is 31.1 Å². The number of carbonyl (C=O) groups excluding carboxylic acids is 1. The highest BCUT2D eigenvalue weighted by atomic mass is 16.2. The van der Waals surface area contributed by atoms with Gasteiger partial charge in [0, 0.05) is 32.2 Å². The molecule has 2 aliphatic rings. The average molecular weight is 256 g/mol. The Hall–Kier alpha value is -2.06. The first kappa shape index (κ1) is 12.0. The summed E-state index contributed by atoms with van der Waals surface area (Å²) in [6.45, 7) is 3.14. The molecule has 5 nitrogen and oxygen atoms in total. The Bertz CT molecular complexity index is 536. The molecule has 2 heterocycles. The lowest BCUT2D eigenvalue weighted by molar-refractivity contribution is 0.147. The van der Waals surface area contributed by atoms with E-state index in [1.807, 2.05) is 23.1 Å². The number of nitrogens with zero attached hydrogens (tertiary/aromatic N) is 3. The van der Waals surface area contributed by atoms with Gasteiger partial charge in [-0.25, -0.2) is 4.79 Å². The molecular formula is C14H16N4O. The van der Waals surface area contributed by atoms with E-state index >= 15 is 0 Å². The van der Waals surface area contributed by atoms with E-state index in [9.17, 15) is 4.79 Å². The van der Waals surface area contributed by atoms with Gasteiger partial charge in [0.05, 0.1) is 11.3 Å². The highest BCUT2D eigenvalue weighted by Gasteiger charge is 2.35. The number of rotatable bonds is 1. The van der Waals surface area contributed by atoms with E-state index in [4.69, 9.17) is 5.26 Å². The minimum Gasteiger partial charge on any atom is -0.319 e. The van der Waals surface area contributed by atoms with E-state index in [1.54, 1.807) is 11.0 Å². The summed E-state index contributed by atoms with van der Waals surface area (Å²) in [5, 5.41) is 12.5. The van der Waals surface area contributed by atoms with Crippen LogP contribution in [0.25, 0.3) is 0 Å². The quantitative estimate of drug-likeness (QED) is 0.820. The van der Waals surface area contributed by atoms with Crippen LogP contribution in [0, 0.1) is 11.3 Å². The maximum atomic E-state index is 12.5. The number of piperazine rings is 1. The Morgan fingerprint density at radius 3 is 3.00 bits per heavy atom. The number of nitriles is 1. The van der Waals surface area contributed by atoms with E-state index in [-0.39, 0.29) is 6.03 Å². The predicted octanol–water partition coefficient (Wildman–Crippen LogP) is 1.16. The van der Waals surface area contributed by atoms with Gasteiger partial charge in [0.2, 0.25) is 0 Å². The highest BCUT2D eigenvalue weighted by Crippen LogP contribution is 2.26. The van der Waals surface area contributed by atoms with Gasteiger partial charge in [0.25, 0.3) is 0 Å². The second-order valence-corrected chi connectivity index (χ2v) is 4.90. The van der Waals surface area contributed by atoms with E-state index in [2.05, 4.69) is 11.4 Å². The van der Waals surface area contributed by atoms with Gasteiger partial charge in [-0.05, 0) is 18.6 Å². The lowest BCUT2D eigenvalue weighted by Crippen LogP contribution is -2.61. The van der Waals surface area contributed by atoms with E-state index in [0.29, 0.717) is 18.2 Å². The second kappa shape index (κ2) is 4.90. The van der Waals surface area contributed by atoms with Crippen LogP contribution in [0.5, 0.6) is 0 Å². The van der Waals surface area contributed by atoms with Crippen molar-refractivity contribution in [3.8, 4) is 6.07 Å². The molecule has 0 spiro atoms. The number of hydrogen-bond acceptors (Lipinski definition) is 3. The second-order valence-electron chi connectivity index (χ2n) is 4.90. The number of carbonyl (C=O) groups is 1. The van der Waals surface area contributed by atoms with Gasteiger partial charge < -0.3 is 10.2 Å². The van der Waals surface area contributed by atoms with Gasteiger partial charge >= 0.3 is 6.03 Å². The number of fused-ring (bicyclic) bond motifs is 1. The van der Waals surface area contributed by atoms with Crippen molar-refractivity contribution in [3.05, 3.63) is 29.8 Å². The summed E-state index contributed by atoms with van der Waals surface area (Å²) in [6.07, 6.45) is 0.943. The molecule has 2 aliphatic heterocycles. The van der Waals surface area contributed by atoms with Gasteiger partial charge in [-0.3, -0.25) is 4.90 Å². The maximum Gasteiger partial charge on any atom is 0.324 e. The lowest BCUT2D eigenvalue weighted by atomic mass is 10.1. The minimum absolute atomic E-state index is 0.0282. The fourth-order valence-electron chi connectivity index (χ4n) is 2.83. The maximum absolute atomic E-state index is 12.5. The molecule has 0 radical (unpaired) electrons. The molecule has 0 aromatic heterocycles. The van der Waals surface area contributed by atoms with Crippen molar-refractivity contribution in [2.24, 2.45) is 0 Å². The van der Waals surface area contributed by atoms with Crippen LogP contribution in [0.3, 0.4) is 0 Å². The summed E-state index contributed by atoms with van der Waals surface area (Å²) in [6, 6.07) is 9.78. The monoisotopic (exact) mass is 256 g/mol. The standard InChI is InChI=1S/C14H16N4O/c15-9-11-3-1-2-4-13(11)18-7-5-12-10-16-6-8-17(12)14(18)19/h1-4,12,16H,5-8,10H2. The van der Waals surface area contributed by atoms with Crippen LogP contribution < -0.4 is 10.2 Å². The molecule has 1 unspecified atom stereocenters. The smallest absolute Gasteiger partial charge is 0.319 e. The molecule has 98 valence electrons. The largest absolute Gasteiger partial charge is 0.324 e. The SMILES string of the molecule is N#Cc1ccccc1N1CCC2CNCCN2C1=O. The van der Waals surface area contributed by atoms with Crippen molar-refractivity contribution < 1.29 is 4.79 Å². The van der Waals surface area contributed by atoms with E-state index in [1.165, 1.54) is 0 Å². The molecule has 2 saturated heterocycles. The summed E-state index contributed by atoms with van der Waals surface area (Å²) in [7, 11) is 0. The molecule has 2 fully saturated rings. The van der Waals surface area contributed by atoms with Crippen LogP contribution in [0.1, 0.15) is 12.0 Å². The number of amides is 2. The fraction of sp³-hybridized carbons (Fsp3) is 0.429. The number of para-hydroxylation sites is 1. The Kier molecular flexibility index (Phi) is 3.10. The summed E-state index contributed by atoms with van der Waals surface area (Å²) >= 11 is 0. The molecule has 0 bridgehead atoms. The summed E-state index contributed by atoms with van der Waals surface area (Å²) in [5.74, 6) is 0. The predicted molar refractivity (Wildman–Crippen MR) is 71.9 cm³/mol. The molecule has 2 amide bonds. The molecule has 19 heavy (non-hydrogen) atoms. The number of hydrogen-bond donors (Lipinski definition) is 1. The number of benzene rings is 1. The zero-order valence-corrected chi connectivity index (χ0v) is 10.7. The third-order valence-electron chi connectivity index (χ3n) is 3.83. The molecule has 1 N–H and O–H groups in total. The third-order valence-corrected chi connectivity index (χ3v) is 3.83. The first-order chi connectivity index (χ1) is 9.31. The average Bonchev–Trinajstić information content (AvgIpc) is 2.48. The molecule has 1 aromatic rings. The first-order valence-corrected chi connectivity index (χ1v) is 6.59. The molecule has 1 aromatic carbocycles. The topological polar surface area (TPSA) is 59.4 Å². The molecule has 5 heteroatoms. The molecule has 3 rings (SSSR count). The van der Waals surface area contributed by atoms with Gasteiger partial charge in [0.1, 0.15) is 6.07 Å². The van der Waals surface area contributed by atoms with Crippen LogP contribution in [0.4, 0.5) is 10.5 Å². The molecule has 1 atom stereocenters. The van der Waals surface area contributed by atoms with E-state index < -0.39 is 0 Å². The number of urea groups is 1. The number of anilines is 1. The van der Waals surface area contributed by atoms with Gasteiger partial charge in [-0.15, -0.1) is 0 Å². The highest BCUT2D eigenvalue weighted by molar-refractivity contribution is 5.94. The van der Waals surface area contributed by atoms with Gasteiger partial charge in [-0.2, -0.15) is 5.26 Å². The normalized spacial score (nSPS) is 22.9. The van der Waals surface area contributed by atoms with E-state index in [0.717, 1.165) is 31.7 Å². The number of nitrogens with one attached hydrogen (secondary N) is 1. The summed E-state index contributed by atoms with van der Waals surface area (Å²) < 4.78 is 0. The minimum atomic E-state index is 0.0282. The first-order valence-electron chi connectivity index (χ1n) is 6.59. The van der Waals surface area contributed by atoms with Crippen LogP contribution in [-0.4, -0.2) is 43.2 Å².